The molecule has 0 spiro atoms. The minimum Gasteiger partial charge on any atom is -0.448 e. The molecule has 1 heterocycles. The third kappa shape index (κ3) is 2.23. The number of aryl methyl sites for hydroxylation is 3. The zero-order valence-corrected chi connectivity index (χ0v) is 8.94. The predicted molar refractivity (Wildman–Crippen MR) is 33.7 cm³/mol. The third-order valence-corrected chi connectivity index (χ3v) is 1.29. The number of nitrogens with zero attached hydrogens (tertiary/aromatic N) is 1. The monoisotopic (exact) mass is 197 g/mol. The topological polar surface area (TPSA) is 4.93 Å². The second-order valence-electron chi connectivity index (χ2n) is 2.13. The number of hydrogen-bond acceptors (Lipinski definition) is 0. The summed E-state index contributed by atoms with van der Waals surface area (Å²) < 4.78 is 2.06. The van der Waals surface area contributed by atoms with Gasteiger partial charge in [-0.3, -0.25) is 0 Å². The molecule has 0 N–H and O–H groups in total. The van der Waals surface area contributed by atoms with Gasteiger partial charge in [0.15, 0.2) is 0 Å². The smallest absolute Gasteiger partial charge is 0 e. The molecule has 0 saturated carbocycles. The molecule has 0 aromatic carbocycles. The molecule has 1 nitrogen and oxygen atoms in total. The zero-order chi connectivity index (χ0) is 6.15. The van der Waals surface area contributed by atoms with Crippen LogP contribution in [0.4, 0.5) is 0 Å². The van der Waals surface area contributed by atoms with E-state index in [1.807, 2.05) is 20.9 Å². The molecule has 2 heteroatoms. The summed E-state index contributed by atoms with van der Waals surface area (Å²) in [6.45, 7) is 4.10. The van der Waals surface area contributed by atoms with Crippen LogP contribution in [0.5, 0.6) is 0 Å². The molecule has 47 valence electrons. The SMILES string of the molecule is Cc1[c-]c(C)n(C)c1.[Y]. The molecular formula is C7H10NY-. The first-order valence-corrected chi connectivity index (χ1v) is 2.72. The number of hydrogen-bond donors (Lipinski definition) is 0. The van der Waals surface area contributed by atoms with E-state index in [0.717, 1.165) is 0 Å². The summed E-state index contributed by atoms with van der Waals surface area (Å²) >= 11 is 0. The summed E-state index contributed by atoms with van der Waals surface area (Å²) in [5.74, 6) is 0. The van der Waals surface area contributed by atoms with Gasteiger partial charge in [0, 0.05) is 32.7 Å². The van der Waals surface area contributed by atoms with Crippen LogP contribution in [-0.2, 0) is 39.8 Å². The van der Waals surface area contributed by atoms with Crippen LogP contribution in [0.3, 0.4) is 0 Å². The molecule has 1 rings (SSSR count). The summed E-state index contributed by atoms with van der Waals surface area (Å²) in [5, 5.41) is 0. The third-order valence-electron chi connectivity index (χ3n) is 1.29. The second-order valence-corrected chi connectivity index (χ2v) is 2.13. The molecule has 9 heavy (non-hydrogen) atoms. The molecule has 1 aromatic heterocycles. The van der Waals surface area contributed by atoms with Crippen LogP contribution in [0.25, 0.3) is 0 Å². The van der Waals surface area contributed by atoms with E-state index in [1.165, 1.54) is 11.3 Å². The van der Waals surface area contributed by atoms with Gasteiger partial charge < -0.3 is 4.57 Å². The maximum Gasteiger partial charge on any atom is 0 e. The van der Waals surface area contributed by atoms with Gasteiger partial charge in [0.1, 0.15) is 0 Å². The van der Waals surface area contributed by atoms with Crippen molar-refractivity contribution in [3.8, 4) is 0 Å². The van der Waals surface area contributed by atoms with Crippen molar-refractivity contribution < 1.29 is 32.7 Å². The van der Waals surface area contributed by atoms with Crippen LogP contribution in [0, 0.1) is 19.9 Å². The van der Waals surface area contributed by atoms with Crippen LogP contribution in [-0.4, -0.2) is 4.57 Å². The molecule has 0 aliphatic carbocycles. The van der Waals surface area contributed by atoms with Crippen molar-refractivity contribution in [3.63, 3.8) is 0 Å². The second kappa shape index (κ2) is 3.53. The molecule has 0 aliphatic heterocycles. The van der Waals surface area contributed by atoms with Crippen molar-refractivity contribution in [2.45, 2.75) is 13.8 Å². The van der Waals surface area contributed by atoms with Gasteiger partial charge in [0.05, 0.1) is 0 Å². The summed E-state index contributed by atoms with van der Waals surface area (Å²) in [4.78, 5) is 0. The van der Waals surface area contributed by atoms with Crippen LogP contribution in [0.1, 0.15) is 11.3 Å². The molecule has 0 amide bonds. The van der Waals surface area contributed by atoms with Crippen molar-refractivity contribution in [2.24, 2.45) is 7.05 Å². The molecule has 0 saturated heterocycles. The Morgan fingerprint density at radius 2 is 2.00 bits per heavy atom. The molecule has 0 unspecified atom stereocenters. The minimum absolute atomic E-state index is 0. The Kier molecular flexibility index (Phi) is 3.68. The Morgan fingerprint density at radius 3 is 2.11 bits per heavy atom. The standard InChI is InChI=1S/C7H10N.Y/c1-6-4-7(2)8(3)5-6;/h5H,1-3H3;/q-1;. The maximum atomic E-state index is 3.17. The van der Waals surface area contributed by atoms with Gasteiger partial charge >= 0.3 is 0 Å². The number of rotatable bonds is 0. The van der Waals surface area contributed by atoms with Crippen LogP contribution >= 0.6 is 0 Å². The predicted octanol–water partition coefficient (Wildman–Crippen LogP) is 1.44. The van der Waals surface area contributed by atoms with Gasteiger partial charge in [-0.25, -0.2) is 11.6 Å². The van der Waals surface area contributed by atoms with Gasteiger partial charge in [-0.05, 0) is 14.0 Å². The normalized spacial score (nSPS) is 8.78. The Labute approximate surface area is 81.3 Å². The Hall–Kier alpha value is 0.384. The first kappa shape index (κ1) is 9.38. The van der Waals surface area contributed by atoms with Crippen LogP contribution in [0.2, 0.25) is 0 Å². The average Bonchev–Trinajstić information content (AvgIpc) is 1.85. The Morgan fingerprint density at radius 1 is 1.44 bits per heavy atom. The Balaban J connectivity index is 0.000000640. The first-order valence-electron chi connectivity index (χ1n) is 2.72. The van der Waals surface area contributed by atoms with Crippen molar-refractivity contribution in [1.29, 1.82) is 0 Å². The maximum absolute atomic E-state index is 3.17. The van der Waals surface area contributed by atoms with E-state index in [4.69, 9.17) is 0 Å². The molecule has 0 aliphatic rings. The van der Waals surface area contributed by atoms with E-state index < -0.39 is 0 Å². The van der Waals surface area contributed by atoms with Crippen molar-refractivity contribution >= 4 is 0 Å². The molecular weight excluding hydrogens is 187 g/mol. The summed E-state index contributed by atoms with van der Waals surface area (Å²) in [7, 11) is 2.03. The van der Waals surface area contributed by atoms with Crippen LogP contribution in [0.15, 0.2) is 6.20 Å². The van der Waals surface area contributed by atoms with Gasteiger partial charge in [-0.2, -0.15) is 0 Å². The molecule has 1 aromatic rings. The van der Waals surface area contributed by atoms with Gasteiger partial charge in [0.25, 0.3) is 0 Å². The van der Waals surface area contributed by atoms with Crippen molar-refractivity contribution in [1.82, 2.24) is 4.57 Å². The van der Waals surface area contributed by atoms with E-state index in [1.54, 1.807) is 0 Å². The molecule has 0 bridgehead atoms. The molecule has 0 atom stereocenters. The van der Waals surface area contributed by atoms with E-state index >= 15 is 0 Å². The molecule has 0 fully saturated rings. The van der Waals surface area contributed by atoms with Gasteiger partial charge in [-0.15, -0.1) is 6.20 Å². The average molecular weight is 197 g/mol. The molecule has 1 radical (unpaired) electrons. The quantitative estimate of drug-likeness (QED) is 0.554. The first-order chi connectivity index (χ1) is 3.70. The van der Waals surface area contributed by atoms with E-state index in [-0.39, 0.29) is 32.7 Å². The summed E-state index contributed by atoms with van der Waals surface area (Å²) in [6, 6.07) is 3.17. The van der Waals surface area contributed by atoms with Crippen molar-refractivity contribution in [3.05, 3.63) is 23.5 Å². The summed E-state index contributed by atoms with van der Waals surface area (Å²) in [6.07, 6.45) is 2.06. The largest absolute Gasteiger partial charge is 0.448 e. The van der Waals surface area contributed by atoms with E-state index in [9.17, 15) is 0 Å². The fraction of sp³-hybridized carbons (Fsp3) is 0.429. The Bertz CT molecular complexity index is 171. The fourth-order valence-electron chi connectivity index (χ4n) is 0.793. The van der Waals surface area contributed by atoms with Crippen LogP contribution < -0.4 is 0 Å². The van der Waals surface area contributed by atoms with Gasteiger partial charge in [0.2, 0.25) is 0 Å². The van der Waals surface area contributed by atoms with E-state index in [0.29, 0.717) is 0 Å². The summed E-state index contributed by atoms with van der Waals surface area (Å²) in [5.41, 5.74) is 2.41. The van der Waals surface area contributed by atoms with E-state index in [2.05, 4.69) is 16.8 Å². The minimum atomic E-state index is 0. The fourth-order valence-corrected chi connectivity index (χ4v) is 0.793. The van der Waals surface area contributed by atoms with Gasteiger partial charge in [-0.1, -0.05) is 12.6 Å². The number of aromatic nitrogens is 1. The zero-order valence-electron chi connectivity index (χ0n) is 6.10. The van der Waals surface area contributed by atoms with Crippen molar-refractivity contribution in [2.75, 3.05) is 0 Å².